The van der Waals surface area contributed by atoms with Crippen molar-refractivity contribution in [2.24, 2.45) is 0 Å². The number of fused-ring (bicyclic) bond motifs is 1. The molecule has 21 heavy (non-hydrogen) atoms. The molecule has 0 bridgehead atoms. The minimum atomic E-state index is -4.34. The Morgan fingerprint density at radius 2 is 1.71 bits per heavy atom. The van der Waals surface area contributed by atoms with Crippen LogP contribution in [-0.2, 0) is 12.8 Å². The molecule has 0 fully saturated rings. The van der Waals surface area contributed by atoms with Crippen LogP contribution in [0, 0.1) is 0 Å². The number of nitrogens with zero attached hydrogens (tertiary/aromatic N) is 1. The van der Waals surface area contributed by atoms with Crippen molar-refractivity contribution in [2.75, 3.05) is 0 Å². The van der Waals surface area contributed by atoms with E-state index in [9.17, 15) is 13.2 Å². The van der Waals surface area contributed by atoms with Gasteiger partial charge in [-0.3, -0.25) is 0 Å². The standard InChI is InChI=1S/C15H11F3N2O/c16-15(17,18)10-5-7-11(8-6-10)21-9-14-19-12-3-1-2-4-13(12)20-14/h1-8H,9H2,(H,19,20). The monoisotopic (exact) mass is 292 g/mol. The normalized spacial score (nSPS) is 11.8. The van der Waals surface area contributed by atoms with E-state index in [-0.39, 0.29) is 6.61 Å². The summed E-state index contributed by atoms with van der Waals surface area (Å²) in [5.41, 5.74) is 1.02. The zero-order chi connectivity index (χ0) is 14.9. The van der Waals surface area contributed by atoms with Crippen LogP contribution in [0.4, 0.5) is 13.2 Å². The van der Waals surface area contributed by atoms with Crippen LogP contribution in [0.15, 0.2) is 48.5 Å². The molecule has 0 amide bonds. The van der Waals surface area contributed by atoms with E-state index in [2.05, 4.69) is 9.97 Å². The number of rotatable bonds is 3. The maximum Gasteiger partial charge on any atom is 0.416 e. The Morgan fingerprint density at radius 1 is 1.00 bits per heavy atom. The first-order chi connectivity index (χ1) is 10.0. The summed E-state index contributed by atoms with van der Waals surface area (Å²) in [6.45, 7) is 0.167. The van der Waals surface area contributed by atoms with Gasteiger partial charge >= 0.3 is 6.18 Å². The molecule has 0 unspecified atom stereocenters. The van der Waals surface area contributed by atoms with Crippen LogP contribution in [0.3, 0.4) is 0 Å². The van der Waals surface area contributed by atoms with E-state index in [1.54, 1.807) is 0 Å². The summed E-state index contributed by atoms with van der Waals surface area (Å²) in [6.07, 6.45) is -4.34. The summed E-state index contributed by atoms with van der Waals surface area (Å²) in [6, 6.07) is 12.1. The number of hydrogen-bond acceptors (Lipinski definition) is 2. The molecule has 1 heterocycles. The van der Waals surface area contributed by atoms with Crippen LogP contribution in [-0.4, -0.2) is 9.97 Å². The molecule has 0 saturated carbocycles. The van der Waals surface area contributed by atoms with Gasteiger partial charge in [-0.05, 0) is 36.4 Å². The highest BCUT2D eigenvalue weighted by Gasteiger charge is 2.29. The number of aromatic nitrogens is 2. The van der Waals surface area contributed by atoms with Crippen LogP contribution < -0.4 is 4.74 Å². The van der Waals surface area contributed by atoms with Gasteiger partial charge in [0.15, 0.2) is 0 Å². The van der Waals surface area contributed by atoms with E-state index in [4.69, 9.17) is 4.74 Å². The van der Waals surface area contributed by atoms with Gasteiger partial charge in [-0.15, -0.1) is 0 Å². The van der Waals surface area contributed by atoms with Gasteiger partial charge in [0.1, 0.15) is 18.2 Å². The quantitative estimate of drug-likeness (QED) is 0.787. The van der Waals surface area contributed by atoms with Crippen molar-refractivity contribution in [2.45, 2.75) is 12.8 Å². The first kappa shape index (κ1) is 13.5. The summed E-state index contributed by atoms with van der Waals surface area (Å²) >= 11 is 0. The van der Waals surface area contributed by atoms with Gasteiger partial charge in [-0.1, -0.05) is 12.1 Å². The molecule has 0 atom stereocenters. The number of alkyl halides is 3. The van der Waals surface area contributed by atoms with E-state index >= 15 is 0 Å². The number of H-pyrrole nitrogens is 1. The number of para-hydroxylation sites is 2. The minimum absolute atomic E-state index is 0.167. The molecule has 0 saturated heterocycles. The lowest BCUT2D eigenvalue weighted by atomic mass is 10.2. The third kappa shape index (κ3) is 2.99. The molecule has 0 aliphatic heterocycles. The molecular formula is C15H11F3N2O. The van der Waals surface area contributed by atoms with Crippen molar-refractivity contribution in [1.29, 1.82) is 0 Å². The van der Waals surface area contributed by atoms with Crippen molar-refractivity contribution in [1.82, 2.24) is 9.97 Å². The smallest absolute Gasteiger partial charge is 0.416 e. The van der Waals surface area contributed by atoms with Crippen molar-refractivity contribution in [3.05, 3.63) is 59.9 Å². The summed E-state index contributed by atoms with van der Waals surface area (Å²) in [5.74, 6) is 0.986. The average molecular weight is 292 g/mol. The van der Waals surface area contributed by atoms with E-state index in [0.717, 1.165) is 23.2 Å². The molecule has 0 aliphatic rings. The second-order valence-electron chi connectivity index (χ2n) is 4.51. The molecule has 108 valence electrons. The topological polar surface area (TPSA) is 37.9 Å². The lowest BCUT2D eigenvalue weighted by Crippen LogP contribution is -2.04. The summed E-state index contributed by atoms with van der Waals surface area (Å²) in [4.78, 5) is 7.41. The Bertz CT molecular complexity index is 714. The largest absolute Gasteiger partial charge is 0.486 e. The second kappa shape index (κ2) is 5.12. The van der Waals surface area contributed by atoms with Gasteiger partial charge in [-0.2, -0.15) is 13.2 Å². The van der Waals surface area contributed by atoms with Gasteiger partial charge < -0.3 is 9.72 Å². The Morgan fingerprint density at radius 3 is 2.38 bits per heavy atom. The number of nitrogens with one attached hydrogen (secondary N) is 1. The fourth-order valence-corrected chi connectivity index (χ4v) is 1.97. The predicted molar refractivity (Wildman–Crippen MR) is 71.9 cm³/mol. The average Bonchev–Trinajstić information content (AvgIpc) is 2.87. The highest BCUT2D eigenvalue weighted by Crippen LogP contribution is 2.30. The molecule has 6 heteroatoms. The number of halogens is 3. The molecule has 3 nitrogen and oxygen atoms in total. The molecule has 1 N–H and O–H groups in total. The predicted octanol–water partition coefficient (Wildman–Crippen LogP) is 4.16. The van der Waals surface area contributed by atoms with Crippen molar-refractivity contribution < 1.29 is 17.9 Å². The minimum Gasteiger partial charge on any atom is -0.486 e. The second-order valence-corrected chi connectivity index (χ2v) is 4.51. The van der Waals surface area contributed by atoms with E-state index in [0.29, 0.717) is 11.6 Å². The summed E-state index contributed by atoms with van der Waals surface area (Å²) < 4.78 is 42.7. The molecular weight excluding hydrogens is 281 g/mol. The van der Waals surface area contributed by atoms with E-state index < -0.39 is 11.7 Å². The Kier molecular flexibility index (Phi) is 3.29. The van der Waals surface area contributed by atoms with Crippen LogP contribution >= 0.6 is 0 Å². The number of benzene rings is 2. The maximum atomic E-state index is 12.4. The van der Waals surface area contributed by atoms with Gasteiger partial charge in [0.05, 0.1) is 16.6 Å². The molecule has 0 radical (unpaired) electrons. The van der Waals surface area contributed by atoms with E-state index in [1.165, 1.54) is 12.1 Å². The van der Waals surface area contributed by atoms with Crippen LogP contribution in [0.5, 0.6) is 5.75 Å². The molecule has 0 spiro atoms. The van der Waals surface area contributed by atoms with Crippen LogP contribution in [0.2, 0.25) is 0 Å². The van der Waals surface area contributed by atoms with Gasteiger partial charge in [0.25, 0.3) is 0 Å². The fourth-order valence-electron chi connectivity index (χ4n) is 1.97. The number of ether oxygens (including phenoxy) is 1. The highest BCUT2D eigenvalue weighted by atomic mass is 19.4. The van der Waals surface area contributed by atoms with Crippen molar-refractivity contribution in [3.8, 4) is 5.75 Å². The highest BCUT2D eigenvalue weighted by molar-refractivity contribution is 5.74. The van der Waals surface area contributed by atoms with E-state index in [1.807, 2.05) is 24.3 Å². The molecule has 3 aromatic rings. The number of imidazole rings is 1. The fraction of sp³-hybridized carbons (Fsp3) is 0.133. The first-order valence-electron chi connectivity index (χ1n) is 6.26. The lowest BCUT2D eigenvalue weighted by molar-refractivity contribution is -0.137. The Balaban J connectivity index is 1.69. The van der Waals surface area contributed by atoms with Gasteiger partial charge in [0, 0.05) is 0 Å². The third-order valence-electron chi connectivity index (χ3n) is 3.00. The summed E-state index contributed by atoms with van der Waals surface area (Å²) in [5, 5.41) is 0. The van der Waals surface area contributed by atoms with Crippen LogP contribution in [0.1, 0.15) is 11.4 Å². The summed E-state index contributed by atoms with van der Waals surface area (Å²) in [7, 11) is 0. The first-order valence-corrected chi connectivity index (χ1v) is 6.26. The third-order valence-corrected chi connectivity index (χ3v) is 3.00. The lowest BCUT2D eigenvalue weighted by Gasteiger charge is -2.08. The molecule has 0 aliphatic carbocycles. The zero-order valence-corrected chi connectivity index (χ0v) is 10.8. The molecule has 1 aromatic heterocycles. The van der Waals surface area contributed by atoms with Gasteiger partial charge in [-0.25, -0.2) is 4.98 Å². The molecule has 2 aromatic carbocycles. The SMILES string of the molecule is FC(F)(F)c1ccc(OCc2nc3ccccc3[nH]2)cc1. The van der Waals surface area contributed by atoms with Crippen LogP contribution in [0.25, 0.3) is 11.0 Å². The number of aromatic amines is 1. The number of hydrogen-bond donors (Lipinski definition) is 1. The zero-order valence-electron chi connectivity index (χ0n) is 10.8. The van der Waals surface area contributed by atoms with Gasteiger partial charge in [0.2, 0.25) is 0 Å². The Hall–Kier alpha value is -2.50. The Labute approximate surface area is 118 Å². The van der Waals surface area contributed by atoms with Crippen molar-refractivity contribution in [3.63, 3.8) is 0 Å². The van der Waals surface area contributed by atoms with Crippen molar-refractivity contribution >= 4 is 11.0 Å². The molecule has 3 rings (SSSR count). The maximum absolute atomic E-state index is 12.4.